The number of amides is 1. The van der Waals surface area contributed by atoms with Crippen molar-refractivity contribution in [2.75, 3.05) is 13.2 Å². The summed E-state index contributed by atoms with van der Waals surface area (Å²) in [5.41, 5.74) is 4.28. The monoisotopic (exact) mass is 1060 g/mol. The highest BCUT2D eigenvalue weighted by atomic mass is 31.2. The summed E-state index contributed by atoms with van der Waals surface area (Å²) in [6.07, 6.45) is -10.4. The predicted molar refractivity (Wildman–Crippen MR) is 284 cm³/mol. The van der Waals surface area contributed by atoms with Crippen molar-refractivity contribution in [3.63, 3.8) is 0 Å². The second-order valence-electron chi connectivity index (χ2n) is 18.7. The Morgan fingerprint density at radius 3 is 1.48 bits per heavy atom. The Labute approximate surface area is 448 Å². The average molecular weight is 1060 g/mol. The van der Waals surface area contributed by atoms with Crippen LogP contribution in [0.15, 0.2) is 212 Å². The van der Waals surface area contributed by atoms with E-state index in [2.05, 4.69) is 5.32 Å². The van der Waals surface area contributed by atoms with Crippen molar-refractivity contribution >= 4 is 13.7 Å². The molecule has 3 heterocycles. The number of hydrogen-bond donors (Lipinski definition) is 1. The number of para-hydroxylation sites is 2. The van der Waals surface area contributed by atoms with Crippen molar-refractivity contribution in [3.05, 3.63) is 240 Å². The highest BCUT2D eigenvalue weighted by molar-refractivity contribution is 7.49. The van der Waals surface area contributed by atoms with E-state index in [1.54, 1.807) is 48.5 Å². The Morgan fingerprint density at radius 1 is 0.519 bits per heavy atom. The number of nitrogens with one attached hydrogen (secondary N) is 1. The van der Waals surface area contributed by atoms with Crippen LogP contribution in [0, 0.1) is 0 Å². The van der Waals surface area contributed by atoms with E-state index in [-0.39, 0.29) is 57.0 Å². The molecule has 10 rings (SSSR count). The summed E-state index contributed by atoms with van der Waals surface area (Å²) < 4.78 is 96.1. The van der Waals surface area contributed by atoms with Crippen LogP contribution in [0.2, 0.25) is 0 Å². The van der Waals surface area contributed by atoms with E-state index in [1.165, 1.54) is 6.92 Å². The molecule has 3 fully saturated rings. The van der Waals surface area contributed by atoms with Crippen LogP contribution in [-0.2, 0) is 82.9 Å². The zero-order valence-corrected chi connectivity index (χ0v) is 43.4. The molecule has 1 N–H and O–H groups in total. The molecule has 11 atom stereocenters. The Bertz CT molecular complexity index is 2860. The molecular weight excluding hydrogens is 1000 g/mol. The van der Waals surface area contributed by atoms with Crippen molar-refractivity contribution < 1.29 is 65.6 Å². The summed E-state index contributed by atoms with van der Waals surface area (Å²) in [7, 11) is -4.69. The lowest BCUT2D eigenvalue weighted by Crippen LogP contribution is -2.69. The Kier molecular flexibility index (Phi) is 18.6. The molecule has 7 aromatic rings. The predicted octanol–water partition coefficient (Wildman–Crippen LogP) is 10.7. The van der Waals surface area contributed by atoms with Gasteiger partial charge in [0.2, 0.25) is 12.2 Å². The van der Waals surface area contributed by atoms with E-state index in [4.69, 9.17) is 56.2 Å². The van der Waals surface area contributed by atoms with Crippen molar-refractivity contribution in [3.8, 4) is 11.5 Å². The molecule has 0 aliphatic carbocycles. The minimum absolute atomic E-state index is 0.0378. The van der Waals surface area contributed by atoms with Crippen LogP contribution in [0.3, 0.4) is 0 Å². The highest BCUT2D eigenvalue weighted by Crippen LogP contribution is 2.53. The molecule has 3 aliphatic heterocycles. The number of ether oxygens (including phenoxy) is 9. The largest absolute Gasteiger partial charge is 0.590 e. The fourth-order valence-corrected chi connectivity index (χ4v) is 10.7. The molecule has 7 aromatic carbocycles. The number of rotatable bonds is 23. The molecule has 0 bridgehead atoms. The van der Waals surface area contributed by atoms with Gasteiger partial charge in [0.25, 0.3) is 0 Å². The summed E-state index contributed by atoms with van der Waals surface area (Å²) in [4.78, 5) is 13.5. The van der Waals surface area contributed by atoms with Crippen LogP contribution in [0.25, 0.3) is 0 Å². The van der Waals surface area contributed by atoms with Crippen LogP contribution in [0.5, 0.6) is 11.5 Å². The SMILES string of the molecule is CC(=O)N[C@@H]1[C@H](O[C@@H]2[C@H](OCc3ccccc3)[C@@H](OCc3ccccc3)C(OP(=O)(Oc3ccccc3)Oc3ccccc3)O[C@@H]2COCc2ccccc2)O[C@@H]2COC(c3ccccc3)O[C@H]2[C@@H]1OCc1ccccc1. The van der Waals surface area contributed by atoms with E-state index in [0.29, 0.717) is 0 Å². The molecule has 0 spiro atoms. The van der Waals surface area contributed by atoms with E-state index in [1.807, 2.05) is 164 Å². The van der Waals surface area contributed by atoms with Gasteiger partial charge in [-0.1, -0.05) is 188 Å². The zero-order valence-electron chi connectivity index (χ0n) is 42.5. The second-order valence-corrected chi connectivity index (χ2v) is 20.2. The first kappa shape index (κ1) is 53.8. The Morgan fingerprint density at radius 2 is 0.974 bits per heavy atom. The van der Waals surface area contributed by atoms with Gasteiger partial charge in [0.05, 0.1) is 39.6 Å². The molecule has 0 saturated carbocycles. The maximum atomic E-state index is 15.4. The fraction of sp³-hybridized carbons (Fsp3) is 0.295. The van der Waals surface area contributed by atoms with Crippen molar-refractivity contribution in [1.29, 1.82) is 0 Å². The number of fused-ring (bicyclic) bond motifs is 1. The van der Waals surface area contributed by atoms with Gasteiger partial charge in [-0.3, -0.25) is 4.79 Å². The summed E-state index contributed by atoms with van der Waals surface area (Å²) in [6, 6.07) is 64.4. The van der Waals surface area contributed by atoms with Crippen LogP contribution in [0.4, 0.5) is 0 Å². The number of carbonyl (C=O) groups excluding carboxylic acids is 1. The second kappa shape index (κ2) is 26.7. The molecule has 3 saturated heterocycles. The van der Waals surface area contributed by atoms with Gasteiger partial charge in [0.15, 0.2) is 12.6 Å². The van der Waals surface area contributed by atoms with E-state index < -0.39 is 75.5 Å². The third kappa shape index (κ3) is 14.7. The van der Waals surface area contributed by atoms with E-state index >= 15 is 4.57 Å². The van der Waals surface area contributed by atoms with Gasteiger partial charge in [0.1, 0.15) is 60.3 Å². The first-order valence-electron chi connectivity index (χ1n) is 25.7. The molecule has 16 heteroatoms. The van der Waals surface area contributed by atoms with E-state index in [0.717, 1.165) is 27.8 Å². The van der Waals surface area contributed by atoms with Gasteiger partial charge in [-0.25, -0.2) is 9.09 Å². The molecule has 0 aromatic heterocycles. The number of phosphoric acid groups is 1. The molecule has 2 unspecified atom stereocenters. The van der Waals surface area contributed by atoms with Gasteiger partial charge in [-0.15, -0.1) is 0 Å². The zero-order chi connectivity index (χ0) is 52.7. The smallest absolute Gasteiger partial charge is 0.395 e. The summed E-state index contributed by atoms with van der Waals surface area (Å²) in [5.74, 6) is 0.0729. The fourth-order valence-electron chi connectivity index (χ4n) is 9.41. The van der Waals surface area contributed by atoms with Crippen molar-refractivity contribution in [2.24, 2.45) is 0 Å². The van der Waals surface area contributed by atoms with Gasteiger partial charge < -0.3 is 57.0 Å². The van der Waals surface area contributed by atoms with Gasteiger partial charge in [-0.05, 0) is 46.5 Å². The van der Waals surface area contributed by atoms with Gasteiger partial charge in [0, 0.05) is 12.5 Å². The summed E-state index contributed by atoms with van der Waals surface area (Å²) >= 11 is 0. The third-order valence-corrected chi connectivity index (χ3v) is 14.4. The maximum Gasteiger partial charge on any atom is 0.590 e. The molecule has 400 valence electrons. The van der Waals surface area contributed by atoms with Crippen LogP contribution in [0.1, 0.15) is 41.0 Å². The third-order valence-electron chi connectivity index (χ3n) is 13.1. The number of hydrogen-bond acceptors (Lipinski definition) is 14. The molecule has 15 nitrogen and oxygen atoms in total. The lowest BCUT2D eigenvalue weighted by Gasteiger charge is -2.52. The van der Waals surface area contributed by atoms with Crippen LogP contribution in [-0.4, -0.2) is 80.5 Å². The maximum absolute atomic E-state index is 15.4. The number of benzene rings is 7. The Hall–Kier alpha value is -6.56. The van der Waals surface area contributed by atoms with Crippen LogP contribution >= 0.6 is 7.82 Å². The summed E-state index contributed by atoms with van der Waals surface area (Å²) in [6.45, 7) is 1.88. The lowest BCUT2D eigenvalue weighted by molar-refractivity contribution is -0.376. The van der Waals surface area contributed by atoms with E-state index in [9.17, 15) is 4.79 Å². The topological polar surface area (TPSA) is 157 Å². The summed E-state index contributed by atoms with van der Waals surface area (Å²) in [5, 5.41) is 3.12. The Balaban J connectivity index is 1.05. The minimum atomic E-state index is -4.69. The molecule has 1 amide bonds. The molecule has 3 aliphatic rings. The first-order valence-corrected chi connectivity index (χ1v) is 27.2. The quantitative estimate of drug-likeness (QED) is 0.0604. The van der Waals surface area contributed by atoms with Crippen molar-refractivity contribution in [2.45, 2.75) is 101 Å². The molecule has 77 heavy (non-hydrogen) atoms. The van der Waals surface area contributed by atoms with Crippen molar-refractivity contribution in [1.82, 2.24) is 5.32 Å². The minimum Gasteiger partial charge on any atom is -0.395 e. The first-order chi connectivity index (χ1) is 37.8. The van der Waals surface area contributed by atoms with Gasteiger partial charge in [-0.2, -0.15) is 0 Å². The number of carbonyl (C=O) groups is 1. The average Bonchev–Trinajstić information content (AvgIpc) is 3.47. The standard InChI is InChI=1S/C61H62NO14P/c1-43(63)62-53-56(66-38-45-25-11-3-12-26-45)54-52(42-69-59(72-54)48-31-17-6-18-32-48)70-60(53)73-55-51(41-65-37-44-23-9-2-10-24-44)71-61(76-77(64,74-49-33-19-7-20-34-49)75-50-35-21-8-22-36-50)58(68-40-47-29-15-5-16-30-47)57(55)67-39-46-27-13-4-14-28-46/h2-36,51-61H,37-42H2,1H3,(H,62,63)/t51-,52-,53+,54-,55+,56-,57+,58-,59?,60+,61?/m1/s1. The molecular formula is C61H62NO14P. The highest BCUT2D eigenvalue weighted by Gasteiger charge is 2.57. The normalized spacial score (nSPS) is 25.2. The van der Waals surface area contributed by atoms with Gasteiger partial charge >= 0.3 is 7.82 Å². The lowest BCUT2D eigenvalue weighted by atomic mass is 9.94. The number of phosphoric ester groups is 1. The molecule has 0 radical (unpaired) electrons. The van der Waals surface area contributed by atoms with Crippen LogP contribution < -0.4 is 14.4 Å².